The van der Waals surface area contributed by atoms with Crippen LogP contribution in [0.5, 0.6) is 0 Å². The highest BCUT2D eigenvalue weighted by molar-refractivity contribution is 7.88. The maximum atomic E-state index is 12.6. The van der Waals surface area contributed by atoms with E-state index in [2.05, 4.69) is 9.82 Å². The van der Waals surface area contributed by atoms with Crippen molar-refractivity contribution in [1.29, 1.82) is 0 Å². The van der Waals surface area contributed by atoms with E-state index in [1.165, 1.54) is 19.1 Å². The van der Waals surface area contributed by atoms with Gasteiger partial charge in [0, 0.05) is 31.4 Å². The van der Waals surface area contributed by atoms with Crippen LogP contribution < -0.4 is 4.72 Å². The van der Waals surface area contributed by atoms with Crippen LogP contribution in [0.15, 0.2) is 12.3 Å². The molecule has 24 heavy (non-hydrogen) atoms. The number of hydrogen-bond acceptors (Lipinski definition) is 4. The Bertz CT molecular complexity index is 701. The number of nitrogens with one attached hydrogen (secondary N) is 1. The standard InChI is InChI=1S/C16H26N4O3S/c1-3-20-9-6-14(17-20)15(21)19-10-7-16(8-11-19,12-13-4-5-13)18-24(2,22)23/h6,9,13,18H,3-5,7-8,10-12H2,1-2H3. The molecule has 0 unspecified atom stereocenters. The molecule has 1 saturated carbocycles. The maximum absolute atomic E-state index is 12.6. The fraction of sp³-hybridized carbons (Fsp3) is 0.750. The molecule has 1 aliphatic heterocycles. The average molecular weight is 354 g/mol. The van der Waals surface area contributed by atoms with Crippen LogP contribution >= 0.6 is 0 Å². The molecule has 1 amide bonds. The van der Waals surface area contributed by atoms with Crippen LogP contribution in [0, 0.1) is 5.92 Å². The molecule has 0 spiro atoms. The molecule has 2 fully saturated rings. The van der Waals surface area contributed by atoms with Crippen molar-refractivity contribution in [3.8, 4) is 0 Å². The van der Waals surface area contributed by atoms with E-state index in [1.807, 2.05) is 6.92 Å². The minimum absolute atomic E-state index is 0.0680. The van der Waals surface area contributed by atoms with Gasteiger partial charge in [0.2, 0.25) is 10.0 Å². The first-order valence-electron chi connectivity index (χ1n) is 8.62. The van der Waals surface area contributed by atoms with Crippen molar-refractivity contribution >= 4 is 15.9 Å². The average Bonchev–Trinajstić information content (AvgIpc) is 3.18. The third-order valence-corrected chi connectivity index (χ3v) is 5.77. The highest BCUT2D eigenvalue weighted by atomic mass is 32.2. The Morgan fingerprint density at radius 2 is 2.04 bits per heavy atom. The number of amides is 1. The van der Waals surface area contributed by atoms with Crippen molar-refractivity contribution in [2.45, 2.75) is 51.1 Å². The summed E-state index contributed by atoms with van der Waals surface area (Å²) < 4.78 is 28.2. The second-order valence-corrected chi connectivity index (χ2v) is 8.90. The van der Waals surface area contributed by atoms with Gasteiger partial charge in [-0.1, -0.05) is 12.8 Å². The van der Waals surface area contributed by atoms with Gasteiger partial charge in [-0.25, -0.2) is 13.1 Å². The zero-order valence-electron chi connectivity index (χ0n) is 14.4. The number of aromatic nitrogens is 2. The summed E-state index contributed by atoms with van der Waals surface area (Å²) in [5.41, 5.74) is 0.0662. The van der Waals surface area contributed by atoms with Crippen LogP contribution in [0.3, 0.4) is 0 Å². The third-order valence-electron chi connectivity index (χ3n) is 4.97. The largest absolute Gasteiger partial charge is 0.337 e. The van der Waals surface area contributed by atoms with Gasteiger partial charge in [-0.05, 0) is 38.2 Å². The second kappa shape index (κ2) is 6.48. The summed E-state index contributed by atoms with van der Waals surface area (Å²) in [7, 11) is -3.26. The van der Waals surface area contributed by atoms with Crippen molar-refractivity contribution in [2.75, 3.05) is 19.3 Å². The topological polar surface area (TPSA) is 84.3 Å². The lowest BCUT2D eigenvalue weighted by Crippen LogP contribution is -2.56. The molecule has 134 valence electrons. The zero-order chi connectivity index (χ0) is 17.4. The molecule has 0 bridgehead atoms. The summed E-state index contributed by atoms with van der Waals surface area (Å²) in [4.78, 5) is 14.4. The Hall–Kier alpha value is -1.41. The van der Waals surface area contributed by atoms with E-state index >= 15 is 0 Å². The third kappa shape index (κ3) is 4.16. The number of carbonyl (C=O) groups excluding carboxylic acids is 1. The van der Waals surface area contributed by atoms with Crippen molar-refractivity contribution in [3.05, 3.63) is 18.0 Å². The van der Waals surface area contributed by atoms with Crippen molar-refractivity contribution in [1.82, 2.24) is 19.4 Å². The molecule has 1 saturated heterocycles. The molecule has 7 nitrogen and oxygen atoms in total. The number of carbonyl (C=O) groups is 1. The lowest BCUT2D eigenvalue weighted by atomic mass is 9.83. The van der Waals surface area contributed by atoms with Gasteiger partial charge in [0.15, 0.2) is 0 Å². The molecule has 2 aliphatic rings. The van der Waals surface area contributed by atoms with Gasteiger partial charge < -0.3 is 4.90 Å². The minimum atomic E-state index is -3.26. The molecule has 1 N–H and O–H groups in total. The maximum Gasteiger partial charge on any atom is 0.274 e. The summed E-state index contributed by atoms with van der Waals surface area (Å²) in [6.45, 7) is 3.83. The van der Waals surface area contributed by atoms with Crippen molar-refractivity contribution < 1.29 is 13.2 Å². The van der Waals surface area contributed by atoms with Gasteiger partial charge >= 0.3 is 0 Å². The first-order chi connectivity index (χ1) is 11.3. The molecule has 0 atom stereocenters. The molecule has 1 aromatic rings. The molecule has 8 heteroatoms. The molecular weight excluding hydrogens is 328 g/mol. The summed E-state index contributed by atoms with van der Waals surface area (Å²) in [5, 5.41) is 4.27. The fourth-order valence-corrected chi connectivity index (χ4v) is 4.64. The van der Waals surface area contributed by atoms with Gasteiger partial charge in [-0.15, -0.1) is 0 Å². The molecule has 0 aromatic carbocycles. The van der Waals surface area contributed by atoms with Gasteiger partial charge in [0.25, 0.3) is 5.91 Å². The summed E-state index contributed by atoms with van der Waals surface area (Å²) in [6.07, 6.45) is 7.60. The number of piperidine rings is 1. The van der Waals surface area contributed by atoms with E-state index in [0.717, 1.165) is 13.0 Å². The Morgan fingerprint density at radius 1 is 1.38 bits per heavy atom. The van der Waals surface area contributed by atoms with Crippen molar-refractivity contribution in [3.63, 3.8) is 0 Å². The molecule has 1 aromatic heterocycles. The van der Waals surface area contributed by atoms with E-state index in [-0.39, 0.29) is 5.91 Å². The smallest absolute Gasteiger partial charge is 0.274 e. The minimum Gasteiger partial charge on any atom is -0.337 e. The van der Waals surface area contributed by atoms with Gasteiger partial charge in [0.1, 0.15) is 5.69 Å². The Balaban J connectivity index is 1.66. The highest BCUT2D eigenvalue weighted by Crippen LogP contribution is 2.41. The molecule has 2 heterocycles. The van der Waals surface area contributed by atoms with Crippen LogP contribution in [0.25, 0.3) is 0 Å². The number of likely N-dealkylation sites (tertiary alicyclic amines) is 1. The summed E-state index contributed by atoms with van der Waals surface area (Å²) >= 11 is 0. The van der Waals surface area contributed by atoms with Crippen LogP contribution in [-0.4, -0.2) is 53.9 Å². The van der Waals surface area contributed by atoms with Crippen LogP contribution in [0.4, 0.5) is 0 Å². The lowest BCUT2D eigenvalue weighted by Gasteiger charge is -2.42. The number of hydrogen-bond donors (Lipinski definition) is 1. The predicted molar refractivity (Wildman–Crippen MR) is 91.1 cm³/mol. The SMILES string of the molecule is CCn1ccc(C(=O)N2CCC(CC3CC3)(NS(C)(=O)=O)CC2)n1. The molecule has 0 radical (unpaired) electrons. The van der Waals surface area contributed by atoms with Gasteiger partial charge in [-0.2, -0.15) is 5.10 Å². The Morgan fingerprint density at radius 3 is 2.54 bits per heavy atom. The lowest BCUT2D eigenvalue weighted by molar-refractivity contribution is 0.0642. The second-order valence-electron chi connectivity index (χ2n) is 7.15. The number of nitrogens with zero attached hydrogens (tertiary/aromatic N) is 3. The van der Waals surface area contributed by atoms with Crippen LogP contribution in [0.1, 0.15) is 49.5 Å². The summed E-state index contributed by atoms with van der Waals surface area (Å²) in [5.74, 6) is 0.559. The van der Waals surface area contributed by atoms with E-state index in [0.29, 0.717) is 37.5 Å². The van der Waals surface area contributed by atoms with E-state index in [9.17, 15) is 13.2 Å². The van der Waals surface area contributed by atoms with E-state index in [1.54, 1.807) is 21.8 Å². The van der Waals surface area contributed by atoms with Gasteiger partial charge in [0.05, 0.1) is 6.26 Å². The van der Waals surface area contributed by atoms with Gasteiger partial charge in [-0.3, -0.25) is 9.48 Å². The summed E-state index contributed by atoms with van der Waals surface area (Å²) in [6, 6.07) is 1.74. The zero-order valence-corrected chi connectivity index (χ0v) is 15.2. The monoisotopic (exact) mass is 354 g/mol. The van der Waals surface area contributed by atoms with E-state index < -0.39 is 15.6 Å². The normalized spacial score (nSPS) is 21.0. The Labute approximate surface area is 143 Å². The highest BCUT2D eigenvalue weighted by Gasteiger charge is 2.42. The predicted octanol–water partition coefficient (Wildman–Crippen LogP) is 1.23. The van der Waals surface area contributed by atoms with Crippen molar-refractivity contribution in [2.24, 2.45) is 5.92 Å². The molecule has 1 aliphatic carbocycles. The molecular formula is C16H26N4O3S. The number of sulfonamides is 1. The quantitative estimate of drug-likeness (QED) is 0.833. The van der Waals surface area contributed by atoms with Crippen LogP contribution in [-0.2, 0) is 16.6 Å². The first kappa shape index (κ1) is 17.4. The van der Waals surface area contributed by atoms with E-state index in [4.69, 9.17) is 0 Å². The molecule has 3 rings (SSSR count). The first-order valence-corrected chi connectivity index (χ1v) is 10.5. The fourth-order valence-electron chi connectivity index (χ4n) is 3.57. The number of rotatable bonds is 6. The Kier molecular flexibility index (Phi) is 4.70. The van der Waals surface area contributed by atoms with Crippen LogP contribution in [0.2, 0.25) is 0 Å². The number of aryl methyl sites for hydroxylation is 1.